The lowest BCUT2D eigenvalue weighted by Gasteiger charge is -2.65. The third-order valence-electron chi connectivity index (χ3n) is 12.0. The number of cyclic esters (lactones) is 1. The summed E-state index contributed by atoms with van der Waals surface area (Å²) in [7, 11) is 0. The van der Waals surface area contributed by atoms with Gasteiger partial charge in [0.05, 0.1) is 28.8 Å². The van der Waals surface area contributed by atoms with Crippen molar-refractivity contribution in [3.05, 3.63) is 11.6 Å². The van der Waals surface area contributed by atoms with Crippen molar-refractivity contribution in [1.29, 1.82) is 0 Å². The Kier molecular flexibility index (Phi) is 6.62. The molecule has 0 radical (unpaired) electrons. The van der Waals surface area contributed by atoms with Gasteiger partial charge >= 0.3 is 5.97 Å². The van der Waals surface area contributed by atoms with Gasteiger partial charge in [-0.15, -0.1) is 0 Å². The molecular weight excluding hydrogens is 508 g/mol. The largest absolute Gasteiger partial charge is 0.458 e. The number of esters is 1. The first-order valence-corrected chi connectivity index (χ1v) is 14.5. The fourth-order valence-corrected chi connectivity index (χ4v) is 9.75. The molecule has 2 aliphatic heterocycles. The fourth-order valence-electron chi connectivity index (χ4n) is 9.75. The van der Waals surface area contributed by atoms with Gasteiger partial charge in [-0.2, -0.15) is 0 Å². The molecule has 1 saturated heterocycles. The molecule has 0 aromatic carbocycles. The van der Waals surface area contributed by atoms with E-state index in [9.17, 15) is 35.1 Å². The minimum absolute atomic E-state index is 0.0465. The number of carbonyl (C=O) groups excluding carboxylic acids is 2. The van der Waals surface area contributed by atoms with Crippen molar-refractivity contribution >= 4 is 12.3 Å². The van der Waals surface area contributed by atoms with Gasteiger partial charge in [0.25, 0.3) is 0 Å². The Bertz CT molecular complexity index is 1050. The van der Waals surface area contributed by atoms with Crippen molar-refractivity contribution < 1.29 is 49.3 Å². The first kappa shape index (κ1) is 27.8. The van der Waals surface area contributed by atoms with Crippen LogP contribution in [0.15, 0.2) is 11.6 Å². The third-order valence-corrected chi connectivity index (χ3v) is 12.0. The highest BCUT2D eigenvalue weighted by Crippen LogP contribution is 2.70. The van der Waals surface area contributed by atoms with Crippen molar-refractivity contribution in [2.24, 2.45) is 28.6 Å². The first-order chi connectivity index (χ1) is 18.4. The van der Waals surface area contributed by atoms with Crippen molar-refractivity contribution in [1.82, 2.24) is 0 Å². The van der Waals surface area contributed by atoms with Crippen LogP contribution in [-0.4, -0.2) is 92.4 Å². The first-order valence-electron chi connectivity index (χ1n) is 14.5. The number of hydrogen-bond donors (Lipinski definition) is 5. The Balaban J connectivity index is 1.22. The van der Waals surface area contributed by atoms with Gasteiger partial charge in [-0.3, -0.25) is 0 Å². The Hall–Kier alpha value is -1.40. The Morgan fingerprint density at radius 1 is 0.974 bits per heavy atom. The number of aldehydes is 1. The van der Waals surface area contributed by atoms with Gasteiger partial charge in [-0.25, -0.2) is 4.79 Å². The quantitative estimate of drug-likeness (QED) is 0.192. The van der Waals surface area contributed by atoms with Crippen LogP contribution in [0, 0.1) is 28.6 Å². The van der Waals surface area contributed by atoms with E-state index in [0.29, 0.717) is 44.9 Å². The molecule has 39 heavy (non-hydrogen) atoms. The summed E-state index contributed by atoms with van der Waals surface area (Å²) in [4.78, 5) is 24.8. The molecule has 0 amide bonds. The maximum Gasteiger partial charge on any atom is 0.331 e. The number of ether oxygens (including phenoxy) is 3. The van der Waals surface area contributed by atoms with E-state index in [-0.39, 0.29) is 36.8 Å². The van der Waals surface area contributed by atoms with Crippen LogP contribution in [0.1, 0.15) is 71.6 Å². The second-order valence-corrected chi connectivity index (χ2v) is 13.4. The summed E-state index contributed by atoms with van der Waals surface area (Å²) in [5.41, 5.74) is -2.86. The summed E-state index contributed by atoms with van der Waals surface area (Å²) >= 11 is 0. The molecule has 10 heteroatoms. The van der Waals surface area contributed by atoms with E-state index in [1.807, 2.05) is 0 Å². The molecule has 0 aromatic heterocycles. The number of carbonyl (C=O) groups is 2. The number of hydrogen-bond acceptors (Lipinski definition) is 10. The average molecular weight is 551 g/mol. The summed E-state index contributed by atoms with van der Waals surface area (Å²) in [6.07, 6.45) is 0.689. The summed E-state index contributed by atoms with van der Waals surface area (Å²) in [6.45, 7) is 3.98. The van der Waals surface area contributed by atoms with Crippen molar-refractivity contribution in [2.75, 3.05) is 6.61 Å². The van der Waals surface area contributed by atoms with Crippen LogP contribution in [0.5, 0.6) is 0 Å². The maximum atomic E-state index is 13.0. The van der Waals surface area contributed by atoms with E-state index in [2.05, 4.69) is 6.92 Å². The van der Waals surface area contributed by atoms with Crippen LogP contribution in [0.2, 0.25) is 0 Å². The third kappa shape index (κ3) is 3.78. The lowest BCUT2D eigenvalue weighted by atomic mass is 9.41. The van der Waals surface area contributed by atoms with E-state index in [1.165, 1.54) is 0 Å². The van der Waals surface area contributed by atoms with E-state index < -0.39 is 58.8 Å². The Morgan fingerprint density at radius 2 is 1.72 bits per heavy atom. The zero-order valence-corrected chi connectivity index (χ0v) is 22.7. The van der Waals surface area contributed by atoms with Gasteiger partial charge < -0.3 is 44.5 Å². The van der Waals surface area contributed by atoms with Crippen molar-refractivity contribution in [2.45, 2.75) is 120 Å². The molecule has 218 valence electrons. The molecule has 10 nitrogen and oxygen atoms in total. The lowest BCUT2D eigenvalue weighted by Crippen LogP contribution is -2.69. The van der Waals surface area contributed by atoms with E-state index in [0.717, 1.165) is 18.3 Å². The van der Waals surface area contributed by atoms with Gasteiger partial charge in [0.2, 0.25) is 0 Å². The predicted molar refractivity (Wildman–Crippen MR) is 135 cm³/mol. The number of fused-ring (bicyclic) bond motifs is 5. The van der Waals surface area contributed by atoms with Crippen LogP contribution in [-0.2, 0) is 23.8 Å². The lowest BCUT2D eigenvalue weighted by molar-refractivity contribution is -0.317. The molecule has 4 saturated carbocycles. The zero-order valence-electron chi connectivity index (χ0n) is 22.7. The van der Waals surface area contributed by atoms with Crippen LogP contribution >= 0.6 is 0 Å². The van der Waals surface area contributed by atoms with Crippen LogP contribution < -0.4 is 0 Å². The molecule has 0 spiro atoms. The minimum atomic E-state index is -1.43. The molecule has 6 rings (SSSR count). The monoisotopic (exact) mass is 550 g/mol. The maximum absolute atomic E-state index is 13.0. The molecule has 0 bridgehead atoms. The Morgan fingerprint density at radius 3 is 2.41 bits per heavy atom. The van der Waals surface area contributed by atoms with Gasteiger partial charge in [0.15, 0.2) is 6.29 Å². The van der Waals surface area contributed by atoms with Crippen LogP contribution in [0.25, 0.3) is 0 Å². The zero-order chi connectivity index (χ0) is 28.0. The number of aliphatic hydroxyl groups excluding tert-OH is 3. The van der Waals surface area contributed by atoms with Crippen molar-refractivity contribution in [3.8, 4) is 0 Å². The van der Waals surface area contributed by atoms with E-state index in [1.54, 1.807) is 13.0 Å². The molecule has 13 atom stereocenters. The van der Waals surface area contributed by atoms with Gasteiger partial charge in [-0.1, -0.05) is 6.92 Å². The molecule has 0 unspecified atom stereocenters. The van der Waals surface area contributed by atoms with Gasteiger partial charge in [-0.05, 0) is 81.6 Å². The minimum Gasteiger partial charge on any atom is -0.458 e. The smallest absolute Gasteiger partial charge is 0.331 e. The molecule has 5 fully saturated rings. The SMILES string of the molecule is C[C@@H]1O[C@H](O[C@@H]2CC[C@]3(C=O)[C@@H]4CC[C@]5(C)[C@H](C6=CC(=O)OC6)CC[C@]5(O)[C@@H]4CC[C@]3(O)C2)[C@H](O)[C@H](O)[C@@H]1O. The second kappa shape index (κ2) is 9.31. The highest BCUT2D eigenvalue weighted by Gasteiger charge is 2.71. The molecule has 2 heterocycles. The molecule has 0 aromatic rings. The normalized spacial score (nSPS) is 55.2. The van der Waals surface area contributed by atoms with E-state index in [4.69, 9.17) is 14.2 Å². The fraction of sp³-hybridized carbons (Fsp3) is 0.862. The number of aliphatic hydroxyl groups is 5. The average Bonchev–Trinajstić information content (AvgIpc) is 3.45. The van der Waals surface area contributed by atoms with Crippen LogP contribution in [0.4, 0.5) is 0 Å². The van der Waals surface area contributed by atoms with Gasteiger partial charge in [0.1, 0.15) is 31.2 Å². The number of rotatable bonds is 4. The summed E-state index contributed by atoms with van der Waals surface area (Å²) in [6, 6.07) is 0. The summed E-state index contributed by atoms with van der Waals surface area (Å²) in [5.74, 6) is -0.616. The predicted octanol–water partition coefficient (Wildman–Crippen LogP) is 0.750. The molecule has 5 N–H and O–H groups in total. The van der Waals surface area contributed by atoms with Crippen LogP contribution in [0.3, 0.4) is 0 Å². The highest BCUT2D eigenvalue weighted by molar-refractivity contribution is 5.85. The molecule has 4 aliphatic carbocycles. The summed E-state index contributed by atoms with van der Waals surface area (Å²) in [5, 5.41) is 55.0. The molecule has 6 aliphatic rings. The highest BCUT2D eigenvalue weighted by atomic mass is 16.7. The molecular formula is C29H42O10. The van der Waals surface area contributed by atoms with E-state index >= 15 is 0 Å². The summed E-state index contributed by atoms with van der Waals surface area (Å²) < 4.78 is 16.9. The second-order valence-electron chi connectivity index (χ2n) is 13.4. The van der Waals surface area contributed by atoms with Gasteiger partial charge in [0, 0.05) is 17.9 Å². The topological polar surface area (TPSA) is 163 Å². The van der Waals surface area contributed by atoms with Crippen molar-refractivity contribution in [3.63, 3.8) is 0 Å². The Labute approximate surface area is 228 Å². The standard InChI is InChI=1S/C29H42O10/c1-15-22(32)23(33)24(34)25(38-15)39-17-3-8-27(14-30)19-4-7-26(2)18(16-11-21(31)37-13-16)6-10-29(26,36)20(19)5-9-28(27,35)12-17/h11,14-15,17-20,22-25,32-36H,3-10,12-13H2,1-2H3/t15-,17+,18-,19+,20+,22+,23+,24+,25+,26+,27-,28-,29-/m0/s1.